The van der Waals surface area contributed by atoms with Crippen LogP contribution in [0.25, 0.3) is 10.9 Å². The Kier molecular flexibility index (Phi) is 3.27. The van der Waals surface area contributed by atoms with Crippen molar-refractivity contribution >= 4 is 16.9 Å². The van der Waals surface area contributed by atoms with E-state index in [0.29, 0.717) is 16.9 Å². The van der Waals surface area contributed by atoms with Crippen LogP contribution in [-0.2, 0) is 6.42 Å². The number of rotatable bonds is 2. The van der Waals surface area contributed by atoms with Crippen LogP contribution < -0.4 is 10.9 Å². The van der Waals surface area contributed by atoms with Gasteiger partial charge in [0.05, 0.1) is 16.9 Å². The molecule has 0 spiro atoms. The number of furan rings is 1. The number of anilines is 1. The topological polar surface area (TPSA) is 70.9 Å². The van der Waals surface area contributed by atoms with Crippen LogP contribution in [-0.4, -0.2) is 9.97 Å². The SMILES string of the molecule is Cc1cc2c(o1)CC(C)(C)CC2Nc1nc2ccccc2c(=O)[nH]1. The van der Waals surface area contributed by atoms with E-state index < -0.39 is 0 Å². The van der Waals surface area contributed by atoms with Gasteiger partial charge in [0.2, 0.25) is 5.95 Å². The molecule has 4 rings (SSSR count). The third-order valence-electron chi connectivity index (χ3n) is 4.66. The average Bonchev–Trinajstić information content (AvgIpc) is 2.86. The van der Waals surface area contributed by atoms with E-state index in [1.807, 2.05) is 25.1 Å². The summed E-state index contributed by atoms with van der Waals surface area (Å²) in [5, 5.41) is 4.02. The zero-order valence-corrected chi connectivity index (χ0v) is 14.1. The molecule has 5 heteroatoms. The number of para-hydroxylation sites is 1. The van der Waals surface area contributed by atoms with Gasteiger partial charge in [0, 0.05) is 12.0 Å². The van der Waals surface area contributed by atoms with Crippen LogP contribution >= 0.6 is 0 Å². The van der Waals surface area contributed by atoms with Gasteiger partial charge in [-0.05, 0) is 37.0 Å². The van der Waals surface area contributed by atoms with Gasteiger partial charge in [-0.2, -0.15) is 0 Å². The number of hydrogen-bond donors (Lipinski definition) is 2. The molecule has 2 aromatic heterocycles. The summed E-state index contributed by atoms with van der Waals surface area (Å²) in [4.78, 5) is 19.7. The quantitative estimate of drug-likeness (QED) is 0.749. The molecule has 5 nitrogen and oxygen atoms in total. The fourth-order valence-corrected chi connectivity index (χ4v) is 3.63. The highest BCUT2D eigenvalue weighted by Gasteiger charge is 2.35. The second-order valence-electron chi connectivity index (χ2n) is 7.41. The van der Waals surface area contributed by atoms with Crippen molar-refractivity contribution in [1.82, 2.24) is 9.97 Å². The zero-order chi connectivity index (χ0) is 16.9. The largest absolute Gasteiger partial charge is 0.466 e. The lowest BCUT2D eigenvalue weighted by molar-refractivity contribution is 0.261. The number of nitrogens with zero attached hydrogens (tertiary/aromatic N) is 1. The van der Waals surface area contributed by atoms with Crippen LogP contribution in [0.2, 0.25) is 0 Å². The molecule has 1 aliphatic carbocycles. The van der Waals surface area contributed by atoms with E-state index in [1.165, 1.54) is 5.56 Å². The van der Waals surface area contributed by atoms with E-state index in [-0.39, 0.29) is 17.0 Å². The predicted molar refractivity (Wildman–Crippen MR) is 94.3 cm³/mol. The number of aromatic nitrogens is 2. The van der Waals surface area contributed by atoms with Crippen LogP contribution in [0.4, 0.5) is 5.95 Å². The Balaban J connectivity index is 1.74. The number of H-pyrrole nitrogens is 1. The first kappa shape index (κ1) is 15.0. The smallest absolute Gasteiger partial charge is 0.260 e. The van der Waals surface area contributed by atoms with E-state index in [2.05, 4.69) is 35.2 Å². The third-order valence-corrected chi connectivity index (χ3v) is 4.66. The molecule has 0 fully saturated rings. The molecule has 0 radical (unpaired) electrons. The van der Waals surface area contributed by atoms with Crippen molar-refractivity contribution in [1.29, 1.82) is 0 Å². The van der Waals surface area contributed by atoms with Gasteiger partial charge in [0.25, 0.3) is 5.56 Å². The first-order valence-corrected chi connectivity index (χ1v) is 8.26. The molecule has 0 saturated heterocycles. The van der Waals surface area contributed by atoms with E-state index in [0.717, 1.165) is 24.4 Å². The number of fused-ring (bicyclic) bond motifs is 2. The Morgan fingerprint density at radius 3 is 2.96 bits per heavy atom. The third kappa shape index (κ3) is 2.60. The second kappa shape index (κ2) is 5.23. The van der Waals surface area contributed by atoms with E-state index in [9.17, 15) is 4.79 Å². The highest BCUT2D eigenvalue weighted by Crippen LogP contribution is 2.43. The van der Waals surface area contributed by atoms with Crippen LogP contribution in [0.15, 0.2) is 39.5 Å². The standard InChI is InChI=1S/C19H21N3O2/c1-11-8-13-15(9-19(2,3)10-16(13)24-11)21-18-20-14-7-5-4-6-12(14)17(23)22-18/h4-8,15H,9-10H2,1-3H3,(H2,20,21,22,23). The molecule has 3 aromatic rings. The van der Waals surface area contributed by atoms with Crippen LogP contribution in [0.3, 0.4) is 0 Å². The molecule has 1 unspecified atom stereocenters. The summed E-state index contributed by atoms with van der Waals surface area (Å²) in [5.74, 6) is 2.46. The molecule has 124 valence electrons. The van der Waals surface area contributed by atoms with Gasteiger partial charge in [-0.3, -0.25) is 9.78 Å². The van der Waals surface area contributed by atoms with Crippen molar-refractivity contribution in [3.8, 4) is 0 Å². The maximum absolute atomic E-state index is 12.3. The molecule has 1 atom stereocenters. The van der Waals surface area contributed by atoms with Gasteiger partial charge in [0.1, 0.15) is 11.5 Å². The maximum Gasteiger partial charge on any atom is 0.260 e. The summed E-state index contributed by atoms with van der Waals surface area (Å²) in [5.41, 5.74) is 1.87. The Bertz CT molecular complexity index is 968. The minimum absolute atomic E-state index is 0.0745. The number of nitrogens with one attached hydrogen (secondary N) is 2. The van der Waals surface area contributed by atoms with Crippen molar-refractivity contribution in [2.75, 3.05) is 5.32 Å². The summed E-state index contributed by atoms with van der Waals surface area (Å²) in [6.45, 7) is 6.44. The Morgan fingerprint density at radius 2 is 2.12 bits per heavy atom. The van der Waals surface area contributed by atoms with Crippen molar-refractivity contribution < 1.29 is 4.42 Å². The first-order valence-electron chi connectivity index (χ1n) is 8.26. The number of benzene rings is 1. The van der Waals surface area contributed by atoms with E-state index >= 15 is 0 Å². The fourth-order valence-electron chi connectivity index (χ4n) is 3.63. The summed E-state index contributed by atoms with van der Waals surface area (Å²) in [6.07, 6.45) is 1.88. The minimum atomic E-state index is -0.123. The van der Waals surface area contributed by atoms with E-state index in [1.54, 1.807) is 6.07 Å². The van der Waals surface area contributed by atoms with Crippen LogP contribution in [0, 0.1) is 12.3 Å². The van der Waals surface area contributed by atoms with E-state index in [4.69, 9.17) is 4.42 Å². The molecule has 0 saturated carbocycles. The molecular formula is C19H21N3O2. The lowest BCUT2D eigenvalue weighted by Gasteiger charge is -2.34. The molecule has 0 bridgehead atoms. The van der Waals surface area contributed by atoms with Gasteiger partial charge in [-0.1, -0.05) is 26.0 Å². The molecule has 1 aliphatic rings. The van der Waals surface area contributed by atoms with Crippen molar-refractivity contribution in [2.24, 2.45) is 5.41 Å². The molecular weight excluding hydrogens is 302 g/mol. The highest BCUT2D eigenvalue weighted by molar-refractivity contribution is 5.78. The Morgan fingerprint density at radius 1 is 1.33 bits per heavy atom. The van der Waals surface area contributed by atoms with Crippen LogP contribution in [0.1, 0.15) is 43.4 Å². The van der Waals surface area contributed by atoms with Crippen molar-refractivity contribution in [3.63, 3.8) is 0 Å². The fraction of sp³-hybridized carbons (Fsp3) is 0.368. The molecule has 24 heavy (non-hydrogen) atoms. The van der Waals surface area contributed by atoms with Gasteiger partial charge in [-0.25, -0.2) is 4.98 Å². The molecule has 0 aliphatic heterocycles. The number of aromatic amines is 1. The highest BCUT2D eigenvalue weighted by atomic mass is 16.3. The monoisotopic (exact) mass is 323 g/mol. The summed E-state index contributed by atoms with van der Waals surface area (Å²) in [6, 6.07) is 9.53. The predicted octanol–water partition coefficient (Wildman–Crippen LogP) is 3.95. The minimum Gasteiger partial charge on any atom is -0.466 e. The lowest BCUT2D eigenvalue weighted by atomic mass is 9.75. The average molecular weight is 323 g/mol. The number of aryl methyl sites for hydroxylation is 1. The van der Waals surface area contributed by atoms with Gasteiger partial charge >= 0.3 is 0 Å². The Hall–Kier alpha value is -2.56. The summed E-state index contributed by atoms with van der Waals surface area (Å²) < 4.78 is 5.87. The summed E-state index contributed by atoms with van der Waals surface area (Å²) >= 11 is 0. The van der Waals surface area contributed by atoms with Gasteiger partial charge < -0.3 is 9.73 Å². The van der Waals surface area contributed by atoms with Crippen molar-refractivity contribution in [3.05, 3.63) is 57.8 Å². The van der Waals surface area contributed by atoms with Crippen molar-refractivity contribution in [2.45, 2.75) is 39.7 Å². The lowest BCUT2D eigenvalue weighted by Crippen LogP contribution is -2.29. The second-order valence-corrected chi connectivity index (χ2v) is 7.41. The molecule has 1 aromatic carbocycles. The molecule has 2 N–H and O–H groups in total. The molecule has 2 heterocycles. The van der Waals surface area contributed by atoms with Crippen LogP contribution in [0.5, 0.6) is 0 Å². The maximum atomic E-state index is 12.3. The molecule has 0 amide bonds. The normalized spacial score (nSPS) is 19.2. The Labute approximate surface area is 140 Å². The van der Waals surface area contributed by atoms with Gasteiger partial charge in [-0.15, -0.1) is 0 Å². The summed E-state index contributed by atoms with van der Waals surface area (Å²) in [7, 11) is 0. The number of hydrogen-bond acceptors (Lipinski definition) is 4. The first-order chi connectivity index (χ1) is 11.4. The zero-order valence-electron chi connectivity index (χ0n) is 14.1. The van der Waals surface area contributed by atoms with Gasteiger partial charge in [0.15, 0.2) is 0 Å².